The molecule has 3 nitrogen and oxygen atoms in total. The third kappa shape index (κ3) is 3.07. The number of hydrogen-bond acceptors (Lipinski definition) is 4. The minimum Gasteiger partial charge on any atom is -0.383 e. The van der Waals surface area contributed by atoms with Gasteiger partial charge in [0.25, 0.3) is 0 Å². The number of pyridine rings is 1. The Kier molecular flexibility index (Phi) is 4.69. The highest BCUT2D eigenvalue weighted by Gasteiger charge is 2.12. The van der Waals surface area contributed by atoms with Crippen molar-refractivity contribution in [2.75, 3.05) is 13.7 Å². The highest BCUT2D eigenvalue weighted by atomic mass is 32.1. The molecule has 0 aliphatic rings. The molecule has 0 fully saturated rings. The van der Waals surface area contributed by atoms with E-state index in [4.69, 9.17) is 4.74 Å². The molecule has 0 saturated heterocycles. The van der Waals surface area contributed by atoms with Gasteiger partial charge < -0.3 is 10.1 Å². The summed E-state index contributed by atoms with van der Waals surface area (Å²) in [4.78, 5) is 4.48. The van der Waals surface area contributed by atoms with E-state index in [0.29, 0.717) is 12.1 Å². The van der Waals surface area contributed by atoms with Crippen molar-refractivity contribution in [3.8, 4) is 0 Å². The molecule has 18 heavy (non-hydrogen) atoms. The fourth-order valence-electron chi connectivity index (χ4n) is 2.03. The van der Waals surface area contributed by atoms with Crippen molar-refractivity contribution >= 4 is 21.6 Å². The quantitative estimate of drug-likeness (QED) is 0.868. The lowest BCUT2D eigenvalue weighted by molar-refractivity contribution is 0.159. The monoisotopic (exact) mass is 264 g/mol. The Hall–Kier alpha value is -0.970. The standard InChI is InChI=1S/C14H20N2OS/c1-4-12(9-17-3)16-10(2)11-7-14-13(15-8-11)5-6-18-14/h5-8,10,12,16H,4,9H2,1-3H3. The largest absolute Gasteiger partial charge is 0.383 e. The summed E-state index contributed by atoms with van der Waals surface area (Å²) in [6.45, 7) is 5.09. The van der Waals surface area contributed by atoms with E-state index in [9.17, 15) is 0 Å². The first kappa shape index (κ1) is 13.5. The van der Waals surface area contributed by atoms with Crippen molar-refractivity contribution in [3.05, 3.63) is 29.3 Å². The zero-order valence-corrected chi connectivity index (χ0v) is 12.0. The second-order valence-electron chi connectivity index (χ2n) is 4.52. The molecule has 2 aromatic rings. The molecule has 2 unspecified atom stereocenters. The zero-order valence-electron chi connectivity index (χ0n) is 11.1. The highest BCUT2D eigenvalue weighted by Crippen LogP contribution is 2.22. The first-order valence-corrected chi connectivity index (χ1v) is 7.20. The Bertz CT molecular complexity index is 497. The van der Waals surface area contributed by atoms with Gasteiger partial charge in [0.2, 0.25) is 0 Å². The van der Waals surface area contributed by atoms with Gasteiger partial charge in [-0.3, -0.25) is 4.98 Å². The van der Waals surface area contributed by atoms with Crippen LogP contribution in [0.25, 0.3) is 10.2 Å². The number of ether oxygens (including phenoxy) is 1. The number of thiophene rings is 1. The summed E-state index contributed by atoms with van der Waals surface area (Å²) in [6, 6.07) is 4.97. The van der Waals surface area contributed by atoms with Crippen molar-refractivity contribution in [2.45, 2.75) is 32.4 Å². The lowest BCUT2D eigenvalue weighted by Crippen LogP contribution is -2.34. The molecule has 0 bridgehead atoms. The van der Waals surface area contributed by atoms with Crippen LogP contribution in [0.2, 0.25) is 0 Å². The fraction of sp³-hybridized carbons (Fsp3) is 0.500. The summed E-state index contributed by atoms with van der Waals surface area (Å²) in [5.74, 6) is 0. The van der Waals surface area contributed by atoms with Crippen LogP contribution in [-0.4, -0.2) is 24.7 Å². The summed E-state index contributed by atoms with van der Waals surface area (Å²) in [5, 5.41) is 5.66. The van der Waals surface area contributed by atoms with Gasteiger partial charge in [0.05, 0.1) is 16.8 Å². The van der Waals surface area contributed by atoms with E-state index in [0.717, 1.165) is 18.5 Å². The Balaban J connectivity index is 2.09. The van der Waals surface area contributed by atoms with E-state index in [1.165, 1.54) is 10.3 Å². The smallest absolute Gasteiger partial charge is 0.0809 e. The summed E-state index contributed by atoms with van der Waals surface area (Å²) in [5.41, 5.74) is 2.32. The van der Waals surface area contributed by atoms with Crippen LogP contribution in [0.1, 0.15) is 31.9 Å². The molecule has 1 N–H and O–H groups in total. The number of nitrogens with one attached hydrogen (secondary N) is 1. The van der Waals surface area contributed by atoms with Crippen LogP contribution in [0.5, 0.6) is 0 Å². The van der Waals surface area contributed by atoms with Crippen LogP contribution in [0.15, 0.2) is 23.7 Å². The van der Waals surface area contributed by atoms with Gasteiger partial charge in [-0.2, -0.15) is 0 Å². The van der Waals surface area contributed by atoms with Gasteiger partial charge in [0.15, 0.2) is 0 Å². The Morgan fingerprint density at radius 3 is 3.06 bits per heavy atom. The molecular formula is C14H20N2OS. The van der Waals surface area contributed by atoms with Gasteiger partial charge >= 0.3 is 0 Å². The summed E-state index contributed by atoms with van der Waals surface area (Å²) < 4.78 is 6.46. The van der Waals surface area contributed by atoms with E-state index >= 15 is 0 Å². The van der Waals surface area contributed by atoms with Crippen LogP contribution < -0.4 is 5.32 Å². The lowest BCUT2D eigenvalue weighted by atomic mass is 10.1. The average molecular weight is 264 g/mol. The van der Waals surface area contributed by atoms with E-state index in [1.54, 1.807) is 18.4 Å². The predicted molar refractivity (Wildman–Crippen MR) is 77.1 cm³/mol. The molecular weight excluding hydrogens is 244 g/mol. The predicted octanol–water partition coefficient (Wildman–Crippen LogP) is 3.37. The van der Waals surface area contributed by atoms with Gasteiger partial charge in [-0.1, -0.05) is 6.92 Å². The average Bonchev–Trinajstić information content (AvgIpc) is 2.85. The number of fused-ring (bicyclic) bond motifs is 1. The fourth-order valence-corrected chi connectivity index (χ4v) is 2.82. The topological polar surface area (TPSA) is 34.1 Å². The van der Waals surface area contributed by atoms with Crippen molar-refractivity contribution < 1.29 is 4.74 Å². The van der Waals surface area contributed by atoms with Crippen molar-refractivity contribution in [3.63, 3.8) is 0 Å². The van der Waals surface area contributed by atoms with E-state index in [1.807, 2.05) is 6.20 Å². The minimum atomic E-state index is 0.295. The van der Waals surface area contributed by atoms with Crippen LogP contribution in [0.3, 0.4) is 0 Å². The van der Waals surface area contributed by atoms with Crippen molar-refractivity contribution in [1.82, 2.24) is 10.3 Å². The van der Waals surface area contributed by atoms with Crippen LogP contribution in [0, 0.1) is 0 Å². The third-order valence-corrected chi connectivity index (χ3v) is 4.02. The Morgan fingerprint density at radius 1 is 1.50 bits per heavy atom. The number of aromatic nitrogens is 1. The number of hydrogen-bond donors (Lipinski definition) is 1. The normalized spacial score (nSPS) is 14.8. The van der Waals surface area contributed by atoms with Gasteiger partial charge in [-0.05, 0) is 36.4 Å². The van der Waals surface area contributed by atoms with Gasteiger partial charge in [-0.15, -0.1) is 11.3 Å². The molecule has 2 atom stereocenters. The Morgan fingerprint density at radius 2 is 2.33 bits per heavy atom. The van der Waals surface area contributed by atoms with E-state index < -0.39 is 0 Å². The molecule has 0 aromatic carbocycles. The van der Waals surface area contributed by atoms with Gasteiger partial charge in [0.1, 0.15) is 0 Å². The van der Waals surface area contributed by atoms with Gasteiger partial charge in [-0.25, -0.2) is 0 Å². The second kappa shape index (κ2) is 6.27. The maximum Gasteiger partial charge on any atom is 0.0809 e. The summed E-state index contributed by atoms with van der Waals surface area (Å²) >= 11 is 1.74. The van der Waals surface area contributed by atoms with Gasteiger partial charge in [0, 0.05) is 25.4 Å². The molecule has 0 spiro atoms. The third-order valence-electron chi connectivity index (χ3n) is 3.17. The maximum absolute atomic E-state index is 5.21. The SMILES string of the molecule is CCC(COC)NC(C)c1cnc2ccsc2c1. The zero-order chi connectivity index (χ0) is 13.0. The second-order valence-corrected chi connectivity index (χ2v) is 5.47. The lowest BCUT2D eigenvalue weighted by Gasteiger charge is -2.21. The molecule has 0 aliphatic carbocycles. The summed E-state index contributed by atoms with van der Waals surface area (Å²) in [7, 11) is 1.74. The molecule has 4 heteroatoms. The van der Waals surface area contributed by atoms with Crippen LogP contribution >= 0.6 is 11.3 Å². The first-order chi connectivity index (χ1) is 8.74. The molecule has 0 saturated carbocycles. The molecule has 0 radical (unpaired) electrons. The minimum absolute atomic E-state index is 0.295. The molecule has 0 amide bonds. The molecule has 0 aliphatic heterocycles. The number of methoxy groups -OCH3 is 1. The molecule has 2 aromatic heterocycles. The van der Waals surface area contributed by atoms with E-state index in [-0.39, 0.29) is 0 Å². The first-order valence-electron chi connectivity index (χ1n) is 6.32. The van der Waals surface area contributed by atoms with Crippen LogP contribution in [-0.2, 0) is 4.74 Å². The molecule has 2 heterocycles. The molecule has 2 rings (SSSR count). The van der Waals surface area contributed by atoms with E-state index in [2.05, 4.69) is 41.7 Å². The van der Waals surface area contributed by atoms with Crippen molar-refractivity contribution in [1.29, 1.82) is 0 Å². The van der Waals surface area contributed by atoms with Crippen molar-refractivity contribution in [2.24, 2.45) is 0 Å². The Labute approximate surface area is 112 Å². The maximum atomic E-state index is 5.21. The molecule has 98 valence electrons. The summed E-state index contributed by atoms with van der Waals surface area (Å²) in [6.07, 6.45) is 3.03. The number of nitrogens with zero attached hydrogens (tertiary/aromatic N) is 1. The van der Waals surface area contributed by atoms with Crippen LogP contribution in [0.4, 0.5) is 0 Å². The number of rotatable bonds is 6. The highest BCUT2D eigenvalue weighted by molar-refractivity contribution is 7.17.